The van der Waals surface area contributed by atoms with Gasteiger partial charge in [0, 0.05) is 17.8 Å². The first-order valence-electron chi connectivity index (χ1n) is 9.96. The molecular weight excluding hydrogens is 442 g/mol. The molecule has 2 aromatic carbocycles. The summed E-state index contributed by atoms with van der Waals surface area (Å²) in [4.78, 5) is 24.9. The van der Waals surface area contributed by atoms with E-state index < -0.39 is 29.3 Å². The fraction of sp³-hybridized carbons (Fsp3) is 0.273. The summed E-state index contributed by atoms with van der Waals surface area (Å²) in [5.74, 6) is -1.80. The molecule has 2 N–H and O–H groups in total. The number of carbonyl (C=O) groups is 2. The summed E-state index contributed by atoms with van der Waals surface area (Å²) in [6, 6.07) is 8.53. The summed E-state index contributed by atoms with van der Waals surface area (Å²) in [5.41, 5.74) is -1.41. The lowest BCUT2D eigenvalue weighted by atomic mass is 10.1. The molecular formula is C22H21F4N5O2. The number of benzene rings is 2. The van der Waals surface area contributed by atoms with Crippen LogP contribution in [-0.2, 0) is 6.18 Å². The molecule has 0 bridgehead atoms. The van der Waals surface area contributed by atoms with Crippen molar-refractivity contribution in [3.05, 3.63) is 70.8 Å². The Kier molecular flexibility index (Phi) is 6.80. The van der Waals surface area contributed by atoms with Crippen LogP contribution in [0.15, 0.2) is 42.5 Å². The van der Waals surface area contributed by atoms with Crippen molar-refractivity contribution < 1.29 is 27.2 Å². The van der Waals surface area contributed by atoms with Crippen LogP contribution in [0.4, 0.5) is 23.2 Å². The maximum atomic E-state index is 13.8. The lowest BCUT2D eigenvalue weighted by Crippen LogP contribution is -2.27. The lowest BCUT2D eigenvalue weighted by Gasteiger charge is -2.13. The number of aryl methyl sites for hydroxylation is 1. The SMILES string of the molecule is Cc1cc(C(=O)NCC(C)C)ccc1NC(=O)c1nnn(-c2ccc(F)cc2)c1C(F)(F)F. The van der Waals surface area contributed by atoms with Crippen LogP contribution in [0.2, 0.25) is 0 Å². The highest BCUT2D eigenvalue weighted by molar-refractivity contribution is 6.04. The molecule has 0 aliphatic carbocycles. The largest absolute Gasteiger partial charge is 0.435 e. The molecule has 2 amide bonds. The molecule has 7 nitrogen and oxygen atoms in total. The van der Waals surface area contributed by atoms with E-state index in [1.165, 1.54) is 18.2 Å². The predicted octanol–water partition coefficient (Wildman–Crippen LogP) is 4.37. The Morgan fingerprint density at radius 1 is 1.06 bits per heavy atom. The normalized spacial score (nSPS) is 11.5. The van der Waals surface area contributed by atoms with Crippen molar-refractivity contribution in [2.24, 2.45) is 5.92 Å². The third-order valence-electron chi connectivity index (χ3n) is 4.63. The smallest absolute Gasteiger partial charge is 0.352 e. The zero-order valence-electron chi connectivity index (χ0n) is 18.0. The molecule has 0 radical (unpaired) electrons. The Balaban J connectivity index is 1.87. The zero-order valence-corrected chi connectivity index (χ0v) is 18.0. The first kappa shape index (κ1) is 23.9. The average Bonchev–Trinajstić information content (AvgIpc) is 3.20. The number of halogens is 4. The molecule has 3 aromatic rings. The summed E-state index contributed by atoms with van der Waals surface area (Å²) in [6.07, 6.45) is -4.96. The molecule has 1 aromatic heterocycles. The van der Waals surface area contributed by atoms with E-state index in [9.17, 15) is 27.2 Å². The summed E-state index contributed by atoms with van der Waals surface area (Å²) >= 11 is 0. The number of hydrogen-bond acceptors (Lipinski definition) is 4. The van der Waals surface area contributed by atoms with Crippen LogP contribution in [0.1, 0.15) is 46.0 Å². The van der Waals surface area contributed by atoms with Crippen LogP contribution in [-0.4, -0.2) is 33.4 Å². The average molecular weight is 463 g/mol. The summed E-state index contributed by atoms with van der Waals surface area (Å²) in [6.45, 7) is 5.99. The Morgan fingerprint density at radius 3 is 2.30 bits per heavy atom. The van der Waals surface area contributed by atoms with Gasteiger partial charge < -0.3 is 10.6 Å². The van der Waals surface area contributed by atoms with Gasteiger partial charge in [-0.05, 0) is 60.9 Å². The molecule has 11 heteroatoms. The van der Waals surface area contributed by atoms with Gasteiger partial charge in [0.05, 0.1) is 5.69 Å². The Hall–Kier alpha value is -3.76. The van der Waals surface area contributed by atoms with Crippen LogP contribution < -0.4 is 10.6 Å². The number of nitrogens with one attached hydrogen (secondary N) is 2. The zero-order chi connectivity index (χ0) is 24.3. The van der Waals surface area contributed by atoms with Crippen molar-refractivity contribution in [1.29, 1.82) is 0 Å². The van der Waals surface area contributed by atoms with Gasteiger partial charge in [0.15, 0.2) is 11.4 Å². The fourth-order valence-corrected chi connectivity index (χ4v) is 2.98. The minimum atomic E-state index is -4.96. The third kappa shape index (κ3) is 5.54. The van der Waals surface area contributed by atoms with Gasteiger partial charge in [-0.2, -0.15) is 13.2 Å². The second kappa shape index (κ2) is 9.39. The standard InChI is InChI=1S/C22H21F4N5O2/c1-12(2)11-27-20(32)14-4-9-17(13(3)10-14)28-21(33)18-19(22(24,25)26)31(30-29-18)16-7-5-15(23)6-8-16/h4-10,12H,11H2,1-3H3,(H,27,32)(H,28,33). The van der Waals surface area contributed by atoms with Gasteiger partial charge in [-0.1, -0.05) is 19.1 Å². The van der Waals surface area contributed by atoms with E-state index in [-0.39, 0.29) is 23.2 Å². The topological polar surface area (TPSA) is 88.9 Å². The van der Waals surface area contributed by atoms with Crippen molar-refractivity contribution >= 4 is 17.5 Å². The van der Waals surface area contributed by atoms with Crippen molar-refractivity contribution in [3.8, 4) is 5.69 Å². The minimum Gasteiger partial charge on any atom is -0.352 e. The maximum Gasteiger partial charge on any atom is 0.435 e. The fourth-order valence-electron chi connectivity index (χ4n) is 2.98. The van der Waals surface area contributed by atoms with Gasteiger partial charge >= 0.3 is 6.18 Å². The molecule has 0 saturated heterocycles. The van der Waals surface area contributed by atoms with E-state index in [1.54, 1.807) is 6.92 Å². The number of carbonyl (C=O) groups excluding carboxylic acids is 2. The molecule has 3 rings (SSSR count). The summed E-state index contributed by atoms with van der Waals surface area (Å²) in [5, 5.41) is 12.0. The third-order valence-corrected chi connectivity index (χ3v) is 4.63. The molecule has 0 saturated carbocycles. The molecule has 0 atom stereocenters. The van der Waals surface area contributed by atoms with E-state index in [2.05, 4.69) is 20.9 Å². The highest BCUT2D eigenvalue weighted by Gasteiger charge is 2.42. The van der Waals surface area contributed by atoms with Crippen molar-refractivity contribution in [1.82, 2.24) is 20.3 Å². The van der Waals surface area contributed by atoms with Gasteiger partial charge in [0.25, 0.3) is 11.8 Å². The quantitative estimate of drug-likeness (QED) is 0.532. The highest BCUT2D eigenvalue weighted by atomic mass is 19.4. The number of hydrogen-bond donors (Lipinski definition) is 2. The summed E-state index contributed by atoms with van der Waals surface area (Å²) < 4.78 is 54.9. The van der Waals surface area contributed by atoms with Gasteiger partial charge in [0.1, 0.15) is 5.82 Å². The van der Waals surface area contributed by atoms with E-state index in [0.29, 0.717) is 22.4 Å². The Morgan fingerprint density at radius 2 is 1.73 bits per heavy atom. The van der Waals surface area contributed by atoms with Crippen molar-refractivity contribution in [2.75, 3.05) is 11.9 Å². The second-order valence-corrected chi connectivity index (χ2v) is 7.76. The van der Waals surface area contributed by atoms with E-state index in [1.807, 2.05) is 13.8 Å². The van der Waals surface area contributed by atoms with Gasteiger partial charge in [0.2, 0.25) is 0 Å². The van der Waals surface area contributed by atoms with Gasteiger partial charge in [-0.15, -0.1) is 5.10 Å². The number of aromatic nitrogens is 3. The van der Waals surface area contributed by atoms with Crippen molar-refractivity contribution in [3.63, 3.8) is 0 Å². The van der Waals surface area contributed by atoms with Gasteiger partial charge in [-0.25, -0.2) is 9.07 Å². The molecule has 0 aliphatic heterocycles. The van der Waals surface area contributed by atoms with E-state index in [0.717, 1.165) is 24.3 Å². The van der Waals surface area contributed by atoms with Crippen molar-refractivity contribution in [2.45, 2.75) is 26.9 Å². The number of anilines is 1. The van der Waals surface area contributed by atoms with Crippen LogP contribution in [0.5, 0.6) is 0 Å². The Labute approximate surface area is 186 Å². The van der Waals surface area contributed by atoms with Gasteiger partial charge in [-0.3, -0.25) is 9.59 Å². The summed E-state index contributed by atoms with van der Waals surface area (Å²) in [7, 11) is 0. The number of amides is 2. The molecule has 174 valence electrons. The van der Waals surface area contributed by atoms with Crippen LogP contribution in [0.3, 0.4) is 0 Å². The minimum absolute atomic E-state index is 0.108. The van der Waals surface area contributed by atoms with E-state index in [4.69, 9.17) is 0 Å². The molecule has 0 spiro atoms. The highest BCUT2D eigenvalue weighted by Crippen LogP contribution is 2.33. The lowest BCUT2D eigenvalue weighted by molar-refractivity contribution is -0.143. The molecule has 0 unspecified atom stereocenters. The molecule has 33 heavy (non-hydrogen) atoms. The first-order chi connectivity index (χ1) is 15.5. The van der Waals surface area contributed by atoms with Crippen LogP contribution in [0.25, 0.3) is 5.69 Å². The number of rotatable bonds is 6. The molecule has 0 fully saturated rings. The predicted molar refractivity (Wildman–Crippen MR) is 113 cm³/mol. The van der Waals surface area contributed by atoms with E-state index >= 15 is 0 Å². The monoisotopic (exact) mass is 463 g/mol. The van der Waals surface area contributed by atoms with Crippen LogP contribution >= 0.6 is 0 Å². The maximum absolute atomic E-state index is 13.8. The molecule has 0 aliphatic rings. The first-order valence-corrected chi connectivity index (χ1v) is 9.96. The molecule has 1 heterocycles. The Bertz CT molecular complexity index is 1170. The second-order valence-electron chi connectivity index (χ2n) is 7.76. The number of nitrogens with zero attached hydrogens (tertiary/aromatic N) is 3. The number of alkyl halides is 3. The van der Waals surface area contributed by atoms with Crippen LogP contribution in [0, 0.1) is 18.7 Å².